The fourth-order valence-corrected chi connectivity index (χ4v) is 2.34. The fraction of sp³-hybridized carbons (Fsp3) is 0.176. The largest absolute Gasteiger partial charge is 0.486 e. The predicted octanol–water partition coefficient (Wildman–Crippen LogP) is 2.11. The van der Waals surface area contributed by atoms with Crippen LogP contribution in [-0.2, 0) is 11.2 Å². The highest BCUT2D eigenvalue weighted by molar-refractivity contribution is 6.30. The van der Waals surface area contributed by atoms with Crippen LogP contribution in [0.1, 0.15) is 15.9 Å². The van der Waals surface area contributed by atoms with Crippen LogP contribution in [-0.4, -0.2) is 25.0 Å². The molecule has 0 aromatic heterocycles. The maximum Gasteiger partial charge on any atom is 0.269 e. The molecule has 3 rings (SSSR count). The van der Waals surface area contributed by atoms with E-state index in [4.69, 9.17) is 21.1 Å². The quantitative estimate of drug-likeness (QED) is 0.835. The Morgan fingerprint density at radius 2 is 1.67 bits per heavy atom. The van der Waals surface area contributed by atoms with Crippen molar-refractivity contribution >= 4 is 23.4 Å². The van der Waals surface area contributed by atoms with Gasteiger partial charge in [0.05, 0.1) is 6.42 Å². The van der Waals surface area contributed by atoms with Crippen LogP contribution in [0.3, 0.4) is 0 Å². The van der Waals surface area contributed by atoms with Crippen molar-refractivity contribution < 1.29 is 19.1 Å². The van der Waals surface area contributed by atoms with Gasteiger partial charge in [-0.15, -0.1) is 0 Å². The maximum atomic E-state index is 12.1. The first-order valence-electron chi connectivity index (χ1n) is 7.35. The first-order chi connectivity index (χ1) is 11.6. The number of hydrazine groups is 1. The molecule has 2 aromatic carbocycles. The van der Waals surface area contributed by atoms with Gasteiger partial charge in [-0.3, -0.25) is 20.4 Å². The number of ether oxygens (including phenoxy) is 2. The second-order valence-corrected chi connectivity index (χ2v) is 5.60. The monoisotopic (exact) mass is 346 g/mol. The lowest BCUT2D eigenvalue weighted by molar-refractivity contribution is -0.121. The molecular weight excluding hydrogens is 332 g/mol. The molecule has 7 heteroatoms. The van der Waals surface area contributed by atoms with Crippen molar-refractivity contribution in [2.24, 2.45) is 0 Å². The standard InChI is InChI=1S/C17H15ClN2O4/c18-13-4-1-11(2-5-13)9-16(21)19-20-17(22)12-3-6-14-15(10-12)24-8-7-23-14/h1-6,10H,7-9H2,(H,19,21)(H,20,22). The van der Waals surface area contributed by atoms with E-state index in [0.717, 1.165) is 5.56 Å². The average Bonchev–Trinajstić information content (AvgIpc) is 2.61. The predicted molar refractivity (Wildman–Crippen MR) is 88.2 cm³/mol. The van der Waals surface area contributed by atoms with Crippen molar-refractivity contribution in [1.29, 1.82) is 0 Å². The molecule has 6 nitrogen and oxygen atoms in total. The third-order valence-corrected chi connectivity index (χ3v) is 3.65. The molecule has 24 heavy (non-hydrogen) atoms. The molecule has 124 valence electrons. The van der Waals surface area contributed by atoms with Gasteiger partial charge in [0, 0.05) is 10.6 Å². The van der Waals surface area contributed by atoms with Crippen LogP contribution in [0, 0.1) is 0 Å². The first kappa shape index (κ1) is 16.1. The average molecular weight is 347 g/mol. The number of amides is 2. The van der Waals surface area contributed by atoms with Gasteiger partial charge in [-0.2, -0.15) is 0 Å². The number of benzene rings is 2. The highest BCUT2D eigenvalue weighted by Crippen LogP contribution is 2.30. The molecule has 0 unspecified atom stereocenters. The molecule has 0 atom stereocenters. The summed E-state index contributed by atoms with van der Waals surface area (Å²) < 4.78 is 10.8. The number of carbonyl (C=O) groups is 2. The van der Waals surface area contributed by atoms with Crippen LogP contribution in [0.5, 0.6) is 11.5 Å². The topological polar surface area (TPSA) is 76.7 Å². The number of rotatable bonds is 3. The number of fused-ring (bicyclic) bond motifs is 1. The SMILES string of the molecule is O=C(Cc1ccc(Cl)cc1)NNC(=O)c1ccc2c(c1)OCCO2. The van der Waals surface area contributed by atoms with Crippen molar-refractivity contribution in [3.63, 3.8) is 0 Å². The minimum Gasteiger partial charge on any atom is -0.486 e. The Morgan fingerprint density at radius 1 is 0.958 bits per heavy atom. The number of hydrogen-bond acceptors (Lipinski definition) is 4. The van der Waals surface area contributed by atoms with Crippen LogP contribution in [0.25, 0.3) is 0 Å². The van der Waals surface area contributed by atoms with E-state index >= 15 is 0 Å². The summed E-state index contributed by atoms with van der Waals surface area (Å²) in [6.07, 6.45) is 0.137. The van der Waals surface area contributed by atoms with Crippen LogP contribution in [0.15, 0.2) is 42.5 Å². The molecule has 2 amide bonds. The van der Waals surface area contributed by atoms with E-state index in [1.165, 1.54) is 0 Å². The van der Waals surface area contributed by atoms with Gasteiger partial charge in [0.15, 0.2) is 11.5 Å². The van der Waals surface area contributed by atoms with Crippen LogP contribution >= 0.6 is 11.6 Å². The zero-order valence-electron chi connectivity index (χ0n) is 12.7. The van der Waals surface area contributed by atoms with Gasteiger partial charge < -0.3 is 9.47 Å². The molecule has 1 heterocycles. The lowest BCUT2D eigenvalue weighted by atomic mass is 10.1. The van der Waals surface area contributed by atoms with Gasteiger partial charge in [0.2, 0.25) is 5.91 Å². The van der Waals surface area contributed by atoms with Crippen molar-refractivity contribution in [3.05, 3.63) is 58.6 Å². The van der Waals surface area contributed by atoms with Gasteiger partial charge in [0.25, 0.3) is 5.91 Å². The second-order valence-electron chi connectivity index (χ2n) is 5.16. The van der Waals surface area contributed by atoms with E-state index in [1.807, 2.05) is 0 Å². The zero-order chi connectivity index (χ0) is 16.9. The van der Waals surface area contributed by atoms with Gasteiger partial charge in [-0.05, 0) is 35.9 Å². The molecule has 0 saturated carbocycles. The second kappa shape index (κ2) is 7.23. The van der Waals surface area contributed by atoms with Crippen LogP contribution in [0.2, 0.25) is 5.02 Å². The third-order valence-electron chi connectivity index (χ3n) is 3.40. The Bertz CT molecular complexity index is 762. The van der Waals surface area contributed by atoms with E-state index in [-0.39, 0.29) is 12.3 Å². The number of halogens is 1. The molecule has 2 aromatic rings. The summed E-state index contributed by atoms with van der Waals surface area (Å²) in [4.78, 5) is 24.0. The third kappa shape index (κ3) is 3.97. The Balaban J connectivity index is 1.55. The summed E-state index contributed by atoms with van der Waals surface area (Å²) in [5.74, 6) is 0.352. The summed E-state index contributed by atoms with van der Waals surface area (Å²) >= 11 is 5.79. The first-order valence-corrected chi connectivity index (χ1v) is 7.73. The zero-order valence-corrected chi connectivity index (χ0v) is 13.4. The Kier molecular flexibility index (Phi) is 4.86. The summed E-state index contributed by atoms with van der Waals surface area (Å²) in [7, 11) is 0. The summed E-state index contributed by atoms with van der Waals surface area (Å²) in [5.41, 5.74) is 5.92. The number of carbonyl (C=O) groups excluding carboxylic acids is 2. The Hall–Kier alpha value is -2.73. The maximum absolute atomic E-state index is 12.1. The fourth-order valence-electron chi connectivity index (χ4n) is 2.22. The molecule has 0 radical (unpaired) electrons. The van der Waals surface area contributed by atoms with Crippen molar-refractivity contribution in [3.8, 4) is 11.5 Å². The smallest absolute Gasteiger partial charge is 0.269 e. The Morgan fingerprint density at radius 3 is 2.42 bits per heavy atom. The molecule has 0 saturated heterocycles. The van der Waals surface area contributed by atoms with E-state index < -0.39 is 5.91 Å². The van der Waals surface area contributed by atoms with Crippen molar-refractivity contribution in [2.75, 3.05) is 13.2 Å². The molecule has 0 aliphatic carbocycles. The summed E-state index contributed by atoms with van der Waals surface area (Å²) in [5, 5.41) is 0.603. The summed E-state index contributed by atoms with van der Waals surface area (Å²) in [6.45, 7) is 0.926. The van der Waals surface area contributed by atoms with Gasteiger partial charge in [0.1, 0.15) is 13.2 Å². The molecule has 1 aliphatic heterocycles. The van der Waals surface area contributed by atoms with E-state index in [9.17, 15) is 9.59 Å². The van der Waals surface area contributed by atoms with Gasteiger partial charge in [-0.25, -0.2) is 0 Å². The lowest BCUT2D eigenvalue weighted by Crippen LogP contribution is -2.42. The summed E-state index contributed by atoms with van der Waals surface area (Å²) in [6, 6.07) is 11.8. The molecule has 0 fully saturated rings. The normalized spacial score (nSPS) is 12.4. The highest BCUT2D eigenvalue weighted by atomic mass is 35.5. The number of hydrogen-bond donors (Lipinski definition) is 2. The molecule has 1 aliphatic rings. The van der Waals surface area contributed by atoms with Crippen molar-refractivity contribution in [2.45, 2.75) is 6.42 Å². The van der Waals surface area contributed by atoms with E-state index in [2.05, 4.69) is 10.9 Å². The Labute approximate surface area is 143 Å². The minimum absolute atomic E-state index is 0.137. The molecule has 0 spiro atoms. The number of nitrogens with one attached hydrogen (secondary N) is 2. The molecular formula is C17H15ClN2O4. The highest BCUT2D eigenvalue weighted by Gasteiger charge is 2.15. The van der Waals surface area contributed by atoms with Crippen molar-refractivity contribution in [1.82, 2.24) is 10.9 Å². The van der Waals surface area contributed by atoms with Crippen LogP contribution < -0.4 is 20.3 Å². The van der Waals surface area contributed by atoms with Crippen LogP contribution in [0.4, 0.5) is 0 Å². The minimum atomic E-state index is -0.434. The molecule has 2 N–H and O–H groups in total. The van der Waals surface area contributed by atoms with E-state index in [0.29, 0.717) is 35.3 Å². The van der Waals surface area contributed by atoms with E-state index in [1.54, 1.807) is 42.5 Å². The van der Waals surface area contributed by atoms with Gasteiger partial charge >= 0.3 is 0 Å². The van der Waals surface area contributed by atoms with Gasteiger partial charge in [-0.1, -0.05) is 23.7 Å². The lowest BCUT2D eigenvalue weighted by Gasteiger charge is -2.18. The molecule has 0 bridgehead atoms.